The first-order chi connectivity index (χ1) is 9.80. The average molecular weight is 308 g/mol. The van der Waals surface area contributed by atoms with Gasteiger partial charge in [-0.05, 0) is 50.5 Å². The molecule has 1 aliphatic carbocycles. The Kier molecular flexibility index (Phi) is 3.24. The highest BCUT2D eigenvalue weighted by atomic mass is 32.2. The molecular weight excluding hydrogens is 288 g/mol. The molecule has 1 heterocycles. The molecule has 5 nitrogen and oxygen atoms in total. The molecule has 0 saturated heterocycles. The summed E-state index contributed by atoms with van der Waals surface area (Å²) < 4.78 is 27.3. The SMILES string of the molecule is CC1(C)C(=O)Nc2ccc(NS(=O)(=O)C3CCCC3)cc21. The molecule has 1 aromatic carbocycles. The van der Waals surface area contributed by atoms with E-state index in [4.69, 9.17) is 0 Å². The molecule has 1 saturated carbocycles. The van der Waals surface area contributed by atoms with Gasteiger partial charge in [0.05, 0.1) is 10.7 Å². The van der Waals surface area contributed by atoms with Crippen LogP contribution in [0.4, 0.5) is 11.4 Å². The predicted molar refractivity (Wildman–Crippen MR) is 82.9 cm³/mol. The summed E-state index contributed by atoms with van der Waals surface area (Å²) in [6, 6.07) is 5.22. The van der Waals surface area contributed by atoms with E-state index in [-0.39, 0.29) is 11.2 Å². The van der Waals surface area contributed by atoms with E-state index in [9.17, 15) is 13.2 Å². The lowest BCUT2D eigenvalue weighted by Gasteiger charge is -2.17. The Morgan fingerprint density at radius 3 is 2.57 bits per heavy atom. The normalized spacial score (nSPS) is 21.1. The van der Waals surface area contributed by atoms with E-state index in [1.54, 1.807) is 18.2 Å². The Morgan fingerprint density at radius 1 is 1.24 bits per heavy atom. The fraction of sp³-hybridized carbons (Fsp3) is 0.533. The molecule has 1 amide bonds. The Bertz CT molecular complexity index is 689. The number of benzene rings is 1. The third-order valence-corrected chi connectivity index (χ3v) is 6.38. The van der Waals surface area contributed by atoms with E-state index in [1.807, 2.05) is 13.8 Å². The van der Waals surface area contributed by atoms with Crippen molar-refractivity contribution >= 4 is 27.3 Å². The van der Waals surface area contributed by atoms with Crippen LogP contribution < -0.4 is 10.0 Å². The fourth-order valence-electron chi connectivity index (χ4n) is 3.08. The largest absolute Gasteiger partial charge is 0.325 e. The van der Waals surface area contributed by atoms with E-state index < -0.39 is 15.4 Å². The zero-order valence-corrected chi connectivity index (χ0v) is 13.1. The maximum atomic E-state index is 12.3. The summed E-state index contributed by atoms with van der Waals surface area (Å²) >= 11 is 0. The van der Waals surface area contributed by atoms with Gasteiger partial charge >= 0.3 is 0 Å². The number of anilines is 2. The maximum Gasteiger partial charge on any atom is 0.235 e. The number of sulfonamides is 1. The van der Waals surface area contributed by atoms with Crippen molar-refractivity contribution in [3.63, 3.8) is 0 Å². The third-order valence-electron chi connectivity index (χ3n) is 4.51. The van der Waals surface area contributed by atoms with Crippen molar-refractivity contribution in [2.24, 2.45) is 0 Å². The Hall–Kier alpha value is -1.56. The zero-order valence-electron chi connectivity index (χ0n) is 12.3. The van der Waals surface area contributed by atoms with Crippen LogP contribution in [0, 0.1) is 0 Å². The second-order valence-electron chi connectivity index (χ2n) is 6.39. The summed E-state index contributed by atoms with van der Waals surface area (Å²) in [4.78, 5) is 11.9. The Morgan fingerprint density at radius 2 is 1.90 bits per heavy atom. The van der Waals surface area contributed by atoms with Gasteiger partial charge in [-0.2, -0.15) is 0 Å². The number of rotatable bonds is 3. The topological polar surface area (TPSA) is 75.3 Å². The minimum atomic E-state index is -3.34. The summed E-state index contributed by atoms with van der Waals surface area (Å²) in [6.07, 6.45) is 3.40. The number of fused-ring (bicyclic) bond motifs is 1. The molecular formula is C15H20N2O3S. The van der Waals surface area contributed by atoms with Crippen molar-refractivity contribution in [3.8, 4) is 0 Å². The van der Waals surface area contributed by atoms with Gasteiger partial charge in [0.2, 0.25) is 15.9 Å². The molecule has 1 aliphatic heterocycles. The van der Waals surface area contributed by atoms with E-state index >= 15 is 0 Å². The third kappa shape index (κ3) is 2.41. The van der Waals surface area contributed by atoms with Gasteiger partial charge in [-0.25, -0.2) is 8.42 Å². The Labute approximate surface area is 125 Å². The average Bonchev–Trinajstić information content (AvgIpc) is 3.00. The van der Waals surface area contributed by atoms with Gasteiger partial charge < -0.3 is 5.32 Å². The zero-order chi connectivity index (χ0) is 15.3. The monoisotopic (exact) mass is 308 g/mol. The molecule has 2 N–H and O–H groups in total. The Balaban J connectivity index is 1.89. The number of hydrogen-bond donors (Lipinski definition) is 2. The lowest BCUT2D eigenvalue weighted by Crippen LogP contribution is -2.27. The highest BCUT2D eigenvalue weighted by Gasteiger charge is 2.38. The van der Waals surface area contributed by atoms with Crippen molar-refractivity contribution in [1.82, 2.24) is 0 Å². The van der Waals surface area contributed by atoms with Crippen LogP contribution in [0.2, 0.25) is 0 Å². The van der Waals surface area contributed by atoms with E-state index in [0.717, 1.165) is 36.9 Å². The second kappa shape index (κ2) is 4.73. The first-order valence-corrected chi connectivity index (χ1v) is 8.83. The fourth-order valence-corrected chi connectivity index (χ4v) is 4.66. The lowest BCUT2D eigenvalue weighted by atomic mass is 9.86. The molecule has 3 rings (SSSR count). The van der Waals surface area contributed by atoms with Crippen molar-refractivity contribution in [1.29, 1.82) is 0 Å². The van der Waals surface area contributed by atoms with Gasteiger partial charge in [0, 0.05) is 11.4 Å². The number of nitrogens with one attached hydrogen (secondary N) is 2. The minimum absolute atomic E-state index is 0.0618. The molecule has 0 radical (unpaired) electrons. The predicted octanol–water partition coefficient (Wildman–Crippen LogP) is 2.60. The standard InChI is InChI=1S/C15H20N2O3S/c1-15(2)12-9-10(7-8-13(12)16-14(15)18)17-21(19,20)11-5-3-4-6-11/h7-9,11,17H,3-6H2,1-2H3,(H,16,18). The summed E-state index contributed by atoms with van der Waals surface area (Å²) in [7, 11) is -3.34. The van der Waals surface area contributed by atoms with Gasteiger partial charge in [0.1, 0.15) is 0 Å². The van der Waals surface area contributed by atoms with Crippen LogP contribution in [0.1, 0.15) is 45.1 Å². The van der Waals surface area contributed by atoms with Crippen LogP contribution in [-0.4, -0.2) is 19.6 Å². The highest BCUT2D eigenvalue weighted by Crippen LogP contribution is 2.39. The molecule has 0 unspecified atom stereocenters. The van der Waals surface area contributed by atoms with Crippen LogP contribution in [0.3, 0.4) is 0 Å². The number of hydrogen-bond acceptors (Lipinski definition) is 3. The molecule has 0 spiro atoms. The quantitative estimate of drug-likeness (QED) is 0.901. The number of amides is 1. The molecule has 0 aromatic heterocycles. The maximum absolute atomic E-state index is 12.3. The lowest BCUT2D eigenvalue weighted by molar-refractivity contribution is -0.119. The molecule has 6 heteroatoms. The van der Waals surface area contributed by atoms with Gasteiger partial charge in [-0.15, -0.1) is 0 Å². The van der Waals surface area contributed by atoms with Crippen molar-refractivity contribution in [2.75, 3.05) is 10.0 Å². The summed E-state index contributed by atoms with van der Waals surface area (Å²) in [5.74, 6) is -0.0618. The van der Waals surface area contributed by atoms with Crippen LogP contribution in [0.5, 0.6) is 0 Å². The smallest absolute Gasteiger partial charge is 0.235 e. The summed E-state index contributed by atoms with van der Waals surface area (Å²) in [5, 5.41) is 2.52. The molecule has 0 bridgehead atoms. The summed E-state index contributed by atoms with van der Waals surface area (Å²) in [6.45, 7) is 3.67. The first-order valence-electron chi connectivity index (χ1n) is 7.28. The van der Waals surface area contributed by atoms with Gasteiger partial charge in [0.25, 0.3) is 0 Å². The molecule has 2 aliphatic rings. The minimum Gasteiger partial charge on any atom is -0.325 e. The number of carbonyl (C=O) groups is 1. The van der Waals surface area contributed by atoms with Crippen molar-refractivity contribution < 1.29 is 13.2 Å². The molecule has 0 atom stereocenters. The number of carbonyl (C=O) groups excluding carboxylic acids is 1. The van der Waals surface area contributed by atoms with Crippen molar-refractivity contribution in [3.05, 3.63) is 23.8 Å². The van der Waals surface area contributed by atoms with Gasteiger partial charge in [-0.3, -0.25) is 9.52 Å². The summed E-state index contributed by atoms with van der Waals surface area (Å²) in [5.41, 5.74) is 1.49. The van der Waals surface area contributed by atoms with Crippen molar-refractivity contribution in [2.45, 2.75) is 50.2 Å². The van der Waals surface area contributed by atoms with Gasteiger partial charge in [0.15, 0.2) is 0 Å². The van der Waals surface area contributed by atoms with Crippen LogP contribution in [0.15, 0.2) is 18.2 Å². The van der Waals surface area contributed by atoms with E-state index in [1.165, 1.54) is 0 Å². The van der Waals surface area contributed by atoms with E-state index in [0.29, 0.717) is 5.69 Å². The highest BCUT2D eigenvalue weighted by molar-refractivity contribution is 7.93. The molecule has 21 heavy (non-hydrogen) atoms. The van der Waals surface area contributed by atoms with Crippen LogP contribution in [-0.2, 0) is 20.2 Å². The van der Waals surface area contributed by atoms with E-state index in [2.05, 4.69) is 10.0 Å². The molecule has 1 aromatic rings. The molecule has 1 fully saturated rings. The first kappa shape index (κ1) is 14.4. The molecule has 114 valence electrons. The van der Waals surface area contributed by atoms with Crippen LogP contribution >= 0.6 is 0 Å². The van der Waals surface area contributed by atoms with Crippen LogP contribution in [0.25, 0.3) is 0 Å². The second-order valence-corrected chi connectivity index (χ2v) is 8.35. The van der Waals surface area contributed by atoms with Gasteiger partial charge in [-0.1, -0.05) is 12.8 Å².